The van der Waals surface area contributed by atoms with E-state index >= 15 is 0 Å². The molecule has 2 rings (SSSR count). The molecule has 3 heteroatoms. The van der Waals surface area contributed by atoms with Crippen LogP contribution >= 0.6 is 0 Å². The Morgan fingerprint density at radius 2 is 1.95 bits per heavy atom. The molecule has 0 amide bonds. The minimum Gasteiger partial charge on any atom is -0.463 e. The fraction of sp³-hybridized carbons (Fsp3) is 0.750. The van der Waals surface area contributed by atoms with Crippen molar-refractivity contribution in [3.05, 3.63) is 23.7 Å². The zero-order chi connectivity index (χ0) is 13.5. The smallest absolute Gasteiger partial charge is 0.118 e. The van der Waals surface area contributed by atoms with Crippen LogP contribution in [0.4, 0.5) is 0 Å². The molecule has 1 aromatic rings. The maximum Gasteiger partial charge on any atom is 0.118 e. The van der Waals surface area contributed by atoms with Crippen molar-refractivity contribution in [3.8, 4) is 0 Å². The summed E-state index contributed by atoms with van der Waals surface area (Å²) in [5, 5.41) is 3.29. The first kappa shape index (κ1) is 14.6. The molecule has 0 bridgehead atoms. The molecule has 1 aliphatic carbocycles. The van der Waals surface area contributed by atoms with Crippen molar-refractivity contribution in [2.75, 3.05) is 20.1 Å². The van der Waals surface area contributed by atoms with Gasteiger partial charge in [-0.05, 0) is 44.5 Å². The number of nitrogens with zero attached hydrogens (tertiary/aromatic N) is 1. The predicted octanol–water partition coefficient (Wildman–Crippen LogP) is 3.40. The SMILES string of the molecule is CCNCc1ccc(CN(C)CC2CCCCC2)o1. The molecule has 3 nitrogen and oxygen atoms in total. The van der Waals surface area contributed by atoms with E-state index in [0.29, 0.717) is 0 Å². The number of nitrogens with one attached hydrogen (secondary N) is 1. The Labute approximate surface area is 117 Å². The van der Waals surface area contributed by atoms with Crippen LogP contribution in [0.5, 0.6) is 0 Å². The van der Waals surface area contributed by atoms with E-state index in [1.165, 1.54) is 38.6 Å². The van der Waals surface area contributed by atoms with Crippen LogP contribution in [0.3, 0.4) is 0 Å². The molecule has 1 aliphatic rings. The summed E-state index contributed by atoms with van der Waals surface area (Å²) >= 11 is 0. The highest BCUT2D eigenvalue weighted by atomic mass is 16.3. The molecule has 108 valence electrons. The largest absolute Gasteiger partial charge is 0.463 e. The van der Waals surface area contributed by atoms with Gasteiger partial charge in [-0.2, -0.15) is 0 Å². The van der Waals surface area contributed by atoms with Gasteiger partial charge in [-0.15, -0.1) is 0 Å². The molecule has 0 spiro atoms. The minimum atomic E-state index is 0.836. The normalized spacial score (nSPS) is 17.2. The summed E-state index contributed by atoms with van der Waals surface area (Å²) in [5.41, 5.74) is 0. The lowest BCUT2D eigenvalue weighted by molar-refractivity contribution is 0.214. The highest BCUT2D eigenvalue weighted by Crippen LogP contribution is 2.24. The summed E-state index contributed by atoms with van der Waals surface area (Å²) in [6.45, 7) is 6.08. The Bertz CT molecular complexity index is 355. The fourth-order valence-corrected chi connectivity index (χ4v) is 2.99. The molecule has 1 N–H and O–H groups in total. The summed E-state index contributed by atoms with van der Waals surface area (Å²) in [6, 6.07) is 4.20. The molecule has 1 aromatic heterocycles. The van der Waals surface area contributed by atoms with Gasteiger partial charge in [-0.1, -0.05) is 26.2 Å². The zero-order valence-electron chi connectivity index (χ0n) is 12.5. The Balaban J connectivity index is 1.74. The topological polar surface area (TPSA) is 28.4 Å². The lowest BCUT2D eigenvalue weighted by Gasteiger charge is -2.26. The minimum absolute atomic E-state index is 0.836. The highest BCUT2D eigenvalue weighted by Gasteiger charge is 2.16. The van der Waals surface area contributed by atoms with Crippen LogP contribution < -0.4 is 5.32 Å². The molecule has 1 saturated carbocycles. The first-order valence-electron chi connectivity index (χ1n) is 7.74. The van der Waals surface area contributed by atoms with E-state index in [2.05, 4.69) is 36.3 Å². The van der Waals surface area contributed by atoms with Gasteiger partial charge >= 0.3 is 0 Å². The number of hydrogen-bond acceptors (Lipinski definition) is 3. The van der Waals surface area contributed by atoms with Gasteiger partial charge in [0.15, 0.2) is 0 Å². The summed E-state index contributed by atoms with van der Waals surface area (Å²) in [7, 11) is 2.21. The van der Waals surface area contributed by atoms with Crippen LogP contribution in [0.2, 0.25) is 0 Å². The van der Waals surface area contributed by atoms with Gasteiger partial charge < -0.3 is 9.73 Å². The van der Waals surface area contributed by atoms with Crippen molar-refractivity contribution in [1.29, 1.82) is 0 Å². The molecule has 0 aliphatic heterocycles. The van der Waals surface area contributed by atoms with Gasteiger partial charge in [0.05, 0.1) is 13.1 Å². The quantitative estimate of drug-likeness (QED) is 0.818. The lowest BCUT2D eigenvalue weighted by atomic mass is 9.89. The summed E-state index contributed by atoms with van der Waals surface area (Å²) in [4.78, 5) is 2.41. The lowest BCUT2D eigenvalue weighted by Crippen LogP contribution is -2.26. The molecule has 0 radical (unpaired) electrons. The van der Waals surface area contributed by atoms with E-state index in [9.17, 15) is 0 Å². The van der Waals surface area contributed by atoms with Crippen LogP contribution in [0.15, 0.2) is 16.5 Å². The second-order valence-electron chi connectivity index (χ2n) is 5.85. The Kier molecular flexibility index (Phi) is 5.93. The number of rotatable bonds is 7. The standard InChI is InChI=1S/C16H28N2O/c1-3-17-11-15-9-10-16(19-15)13-18(2)12-14-7-5-4-6-8-14/h9-10,14,17H,3-8,11-13H2,1-2H3. The average molecular weight is 264 g/mol. The summed E-state index contributed by atoms with van der Waals surface area (Å²) in [5.74, 6) is 3.03. The van der Waals surface area contributed by atoms with Crippen LogP contribution in [0.25, 0.3) is 0 Å². The van der Waals surface area contributed by atoms with Gasteiger partial charge in [0.25, 0.3) is 0 Å². The van der Waals surface area contributed by atoms with Gasteiger partial charge in [0, 0.05) is 6.54 Å². The zero-order valence-corrected chi connectivity index (χ0v) is 12.5. The summed E-state index contributed by atoms with van der Waals surface area (Å²) < 4.78 is 5.84. The van der Waals surface area contributed by atoms with Crippen molar-refractivity contribution in [2.45, 2.75) is 52.1 Å². The van der Waals surface area contributed by atoms with E-state index in [0.717, 1.165) is 37.1 Å². The van der Waals surface area contributed by atoms with Gasteiger partial charge in [0.2, 0.25) is 0 Å². The van der Waals surface area contributed by atoms with E-state index in [1.54, 1.807) is 0 Å². The molecule has 0 saturated heterocycles. The van der Waals surface area contributed by atoms with Gasteiger partial charge in [-0.25, -0.2) is 0 Å². The van der Waals surface area contributed by atoms with Crippen LogP contribution in [0, 0.1) is 5.92 Å². The first-order valence-corrected chi connectivity index (χ1v) is 7.74. The maximum atomic E-state index is 5.84. The number of furan rings is 1. The molecule has 0 aromatic carbocycles. The number of hydrogen-bond donors (Lipinski definition) is 1. The van der Waals surface area contributed by atoms with E-state index in [1.807, 2.05) is 0 Å². The molecule has 0 atom stereocenters. The van der Waals surface area contributed by atoms with E-state index in [-0.39, 0.29) is 0 Å². The van der Waals surface area contributed by atoms with Crippen molar-refractivity contribution in [1.82, 2.24) is 10.2 Å². The monoisotopic (exact) mass is 264 g/mol. The molecule has 1 heterocycles. The molecular formula is C16H28N2O. The molecule has 0 unspecified atom stereocenters. The van der Waals surface area contributed by atoms with Gasteiger partial charge in [-0.3, -0.25) is 4.90 Å². The van der Waals surface area contributed by atoms with E-state index in [4.69, 9.17) is 4.42 Å². The fourth-order valence-electron chi connectivity index (χ4n) is 2.99. The van der Waals surface area contributed by atoms with Crippen LogP contribution in [-0.4, -0.2) is 25.0 Å². The highest BCUT2D eigenvalue weighted by molar-refractivity contribution is 5.07. The Morgan fingerprint density at radius 1 is 1.21 bits per heavy atom. The average Bonchev–Trinajstić information content (AvgIpc) is 2.85. The second kappa shape index (κ2) is 7.71. The van der Waals surface area contributed by atoms with E-state index < -0.39 is 0 Å². The summed E-state index contributed by atoms with van der Waals surface area (Å²) in [6.07, 6.45) is 7.10. The maximum absolute atomic E-state index is 5.84. The molecule has 19 heavy (non-hydrogen) atoms. The van der Waals surface area contributed by atoms with Crippen LogP contribution in [-0.2, 0) is 13.1 Å². The predicted molar refractivity (Wildman–Crippen MR) is 79.0 cm³/mol. The van der Waals surface area contributed by atoms with Crippen molar-refractivity contribution >= 4 is 0 Å². The molecule has 1 fully saturated rings. The van der Waals surface area contributed by atoms with Gasteiger partial charge in [0.1, 0.15) is 11.5 Å². The van der Waals surface area contributed by atoms with Crippen molar-refractivity contribution in [2.24, 2.45) is 5.92 Å². The third-order valence-corrected chi connectivity index (χ3v) is 3.99. The van der Waals surface area contributed by atoms with Crippen LogP contribution in [0.1, 0.15) is 50.5 Å². The Morgan fingerprint density at radius 3 is 2.68 bits per heavy atom. The third-order valence-electron chi connectivity index (χ3n) is 3.99. The molecular weight excluding hydrogens is 236 g/mol. The Hall–Kier alpha value is -0.800. The second-order valence-corrected chi connectivity index (χ2v) is 5.85. The third kappa shape index (κ3) is 5.00. The first-order chi connectivity index (χ1) is 9.28. The van der Waals surface area contributed by atoms with Crippen molar-refractivity contribution in [3.63, 3.8) is 0 Å². The van der Waals surface area contributed by atoms with Crippen molar-refractivity contribution < 1.29 is 4.42 Å².